The van der Waals surface area contributed by atoms with E-state index >= 15 is 0 Å². The lowest BCUT2D eigenvalue weighted by molar-refractivity contribution is -0.137. The molecule has 0 radical (unpaired) electrons. The molecule has 3 atom stereocenters. The SMILES string of the molecule is COc1ccc2nccc([C@@H](O)CCC3CCN(CC#Cc4ccc(Cl)c(Cl)c4)CC3CCC(=O)O)c2c1. The van der Waals surface area contributed by atoms with Gasteiger partial charge in [0.25, 0.3) is 0 Å². The van der Waals surface area contributed by atoms with Crippen LogP contribution >= 0.6 is 23.2 Å². The van der Waals surface area contributed by atoms with Crippen LogP contribution < -0.4 is 4.74 Å². The summed E-state index contributed by atoms with van der Waals surface area (Å²) in [5.74, 6) is 6.87. The standard InChI is InChI=1S/C30H32Cl2N2O4/c1-38-23-7-9-28-25(18-23)24(12-14-33-28)29(35)10-5-21-13-16-34(19-22(21)6-11-30(36)37)15-2-3-20-4-8-26(31)27(32)17-20/h4,7-9,12,14,17-18,21-22,29,35H,5-6,10-11,13,15-16,19H2,1H3,(H,36,37)/t21?,22?,29-/m0/s1. The number of aromatic nitrogens is 1. The summed E-state index contributed by atoms with van der Waals surface area (Å²) in [6, 6.07) is 12.9. The molecule has 0 spiro atoms. The van der Waals surface area contributed by atoms with Crippen LogP contribution in [0.25, 0.3) is 10.9 Å². The number of halogens is 2. The second-order valence-corrected chi connectivity index (χ2v) is 10.6. The first-order valence-corrected chi connectivity index (χ1v) is 13.6. The third-order valence-electron chi connectivity index (χ3n) is 7.31. The molecule has 200 valence electrons. The van der Waals surface area contributed by atoms with E-state index in [-0.39, 0.29) is 12.3 Å². The molecule has 1 fully saturated rings. The molecule has 2 unspecified atom stereocenters. The number of hydrogen-bond acceptors (Lipinski definition) is 5. The number of fused-ring (bicyclic) bond motifs is 1. The van der Waals surface area contributed by atoms with Crippen molar-refractivity contribution >= 4 is 40.1 Å². The molecular formula is C30H32Cl2N2O4. The van der Waals surface area contributed by atoms with Crippen molar-refractivity contribution in [3.63, 3.8) is 0 Å². The molecule has 2 aromatic carbocycles. The van der Waals surface area contributed by atoms with Crippen LogP contribution in [0.2, 0.25) is 10.0 Å². The smallest absolute Gasteiger partial charge is 0.303 e. The third-order valence-corrected chi connectivity index (χ3v) is 8.05. The van der Waals surface area contributed by atoms with E-state index in [1.165, 1.54) is 0 Å². The lowest BCUT2D eigenvalue weighted by Gasteiger charge is -2.38. The van der Waals surface area contributed by atoms with Gasteiger partial charge in [-0.2, -0.15) is 0 Å². The summed E-state index contributed by atoms with van der Waals surface area (Å²) < 4.78 is 5.36. The number of aliphatic hydroxyl groups is 1. The number of carboxylic acid groups (broad SMARTS) is 1. The maximum Gasteiger partial charge on any atom is 0.303 e. The molecule has 3 aromatic rings. The van der Waals surface area contributed by atoms with Crippen molar-refractivity contribution in [1.29, 1.82) is 0 Å². The number of aliphatic carboxylic acids is 1. The molecule has 0 amide bonds. The first kappa shape index (κ1) is 28.2. The second kappa shape index (κ2) is 13.3. The predicted molar refractivity (Wildman–Crippen MR) is 151 cm³/mol. The molecule has 2 heterocycles. The number of ether oxygens (including phenoxy) is 1. The summed E-state index contributed by atoms with van der Waals surface area (Å²) in [6.07, 6.45) is 4.20. The minimum absolute atomic E-state index is 0.140. The van der Waals surface area contributed by atoms with Crippen molar-refractivity contribution in [3.8, 4) is 17.6 Å². The van der Waals surface area contributed by atoms with E-state index in [4.69, 9.17) is 27.9 Å². The van der Waals surface area contributed by atoms with E-state index in [1.54, 1.807) is 25.4 Å². The number of aliphatic hydroxyl groups excluding tert-OH is 1. The van der Waals surface area contributed by atoms with Gasteiger partial charge in [-0.3, -0.25) is 14.7 Å². The number of pyridine rings is 1. The fourth-order valence-corrected chi connectivity index (χ4v) is 5.53. The molecule has 1 aliphatic rings. The quantitative estimate of drug-likeness (QED) is 0.305. The Morgan fingerprint density at radius 2 is 2.00 bits per heavy atom. The minimum Gasteiger partial charge on any atom is -0.497 e. The van der Waals surface area contributed by atoms with E-state index < -0.39 is 12.1 Å². The molecule has 4 rings (SSSR count). The zero-order valence-electron chi connectivity index (χ0n) is 21.4. The van der Waals surface area contributed by atoms with E-state index in [0.717, 1.165) is 53.7 Å². The van der Waals surface area contributed by atoms with Crippen molar-refractivity contribution < 1.29 is 19.7 Å². The van der Waals surface area contributed by atoms with Crippen molar-refractivity contribution in [2.75, 3.05) is 26.7 Å². The molecule has 0 bridgehead atoms. The van der Waals surface area contributed by atoms with E-state index in [1.807, 2.05) is 30.3 Å². The summed E-state index contributed by atoms with van der Waals surface area (Å²) in [7, 11) is 1.62. The monoisotopic (exact) mass is 554 g/mol. The van der Waals surface area contributed by atoms with Crippen LogP contribution in [0.1, 0.15) is 49.3 Å². The number of carbonyl (C=O) groups is 1. The maximum absolute atomic E-state index is 11.3. The number of benzene rings is 2. The van der Waals surface area contributed by atoms with E-state index in [0.29, 0.717) is 35.3 Å². The molecule has 6 nitrogen and oxygen atoms in total. The Bertz CT molecular complexity index is 1340. The molecule has 1 saturated heterocycles. The summed E-state index contributed by atoms with van der Waals surface area (Å²) in [4.78, 5) is 18.0. The number of hydrogen-bond donors (Lipinski definition) is 2. The van der Waals surface area contributed by atoms with E-state index in [2.05, 4.69) is 21.7 Å². The maximum atomic E-state index is 11.3. The lowest BCUT2D eigenvalue weighted by Crippen LogP contribution is -2.41. The highest BCUT2D eigenvalue weighted by molar-refractivity contribution is 6.42. The molecule has 1 aromatic heterocycles. The Balaban J connectivity index is 1.39. The Hall–Kier alpha value is -2.82. The number of piperidine rings is 1. The van der Waals surface area contributed by atoms with Crippen molar-refractivity contribution in [2.24, 2.45) is 11.8 Å². The van der Waals surface area contributed by atoms with Crippen LogP contribution in [0.3, 0.4) is 0 Å². The van der Waals surface area contributed by atoms with Gasteiger partial charge in [0.2, 0.25) is 0 Å². The second-order valence-electron chi connectivity index (χ2n) is 9.78. The molecule has 38 heavy (non-hydrogen) atoms. The van der Waals surface area contributed by atoms with E-state index in [9.17, 15) is 15.0 Å². The highest BCUT2D eigenvalue weighted by Gasteiger charge is 2.30. The average Bonchev–Trinajstić information content (AvgIpc) is 2.92. The minimum atomic E-state index is -0.780. The number of nitrogens with zero attached hydrogens (tertiary/aromatic N) is 2. The van der Waals surface area contributed by atoms with Gasteiger partial charge < -0.3 is 14.9 Å². The largest absolute Gasteiger partial charge is 0.497 e. The highest BCUT2D eigenvalue weighted by Crippen LogP contribution is 2.35. The van der Waals surface area contributed by atoms with Gasteiger partial charge in [0.15, 0.2) is 0 Å². The fourth-order valence-electron chi connectivity index (χ4n) is 5.23. The van der Waals surface area contributed by atoms with Gasteiger partial charge in [-0.1, -0.05) is 35.0 Å². The highest BCUT2D eigenvalue weighted by atomic mass is 35.5. The average molecular weight is 556 g/mol. The van der Waals surface area contributed by atoms with Crippen molar-refractivity contribution in [2.45, 2.75) is 38.2 Å². The normalized spacial score (nSPS) is 18.5. The van der Waals surface area contributed by atoms with Gasteiger partial charge in [-0.15, -0.1) is 0 Å². The number of carboxylic acids is 1. The zero-order chi connectivity index (χ0) is 27.1. The van der Waals surface area contributed by atoms with Gasteiger partial charge >= 0.3 is 5.97 Å². The molecule has 0 aliphatic carbocycles. The molecule has 2 N–H and O–H groups in total. The van der Waals surface area contributed by atoms with Crippen molar-refractivity contribution in [1.82, 2.24) is 9.88 Å². The first-order chi connectivity index (χ1) is 18.3. The van der Waals surface area contributed by atoms with Gasteiger partial charge in [0, 0.05) is 30.1 Å². The Morgan fingerprint density at radius 3 is 2.76 bits per heavy atom. The lowest BCUT2D eigenvalue weighted by atomic mass is 9.79. The topological polar surface area (TPSA) is 82.9 Å². The van der Waals surface area contributed by atoms with Crippen LogP contribution in [0, 0.1) is 23.7 Å². The Morgan fingerprint density at radius 1 is 1.16 bits per heavy atom. The first-order valence-electron chi connectivity index (χ1n) is 12.8. The Kier molecular flexibility index (Phi) is 9.87. The van der Waals surface area contributed by atoms with Gasteiger partial charge in [-0.25, -0.2) is 0 Å². The summed E-state index contributed by atoms with van der Waals surface area (Å²) in [6.45, 7) is 2.28. The van der Waals surface area contributed by atoms with Crippen molar-refractivity contribution in [3.05, 3.63) is 69.8 Å². The molecule has 0 saturated carbocycles. The molecule has 1 aliphatic heterocycles. The van der Waals surface area contributed by atoms with Crippen LogP contribution in [-0.4, -0.2) is 52.8 Å². The van der Waals surface area contributed by atoms with Crippen LogP contribution in [0.5, 0.6) is 5.75 Å². The number of likely N-dealkylation sites (tertiary alicyclic amines) is 1. The van der Waals surface area contributed by atoms with Crippen LogP contribution in [-0.2, 0) is 4.79 Å². The summed E-state index contributed by atoms with van der Waals surface area (Å²) in [5, 5.41) is 22.3. The number of rotatable bonds is 9. The van der Waals surface area contributed by atoms with Crippen LogP contribution in [0.4, 0.5) is 0 Å². The number of methoxy groups -OCH3 is 1. The molecule has 8 heteroatoms. The van der Waals surface area contributed by atoms with Gasteiger partial charge in [-0.05, 0) is 92.1 Å². The Labute approximate surface area is 233 Å². The van der Waals surface area contributed by atoms with Gasteiger partial charge in [0.05, 0.1) is 35.3 Å². The summed E-state index contributed by atoms with van der Waals surface area (Å²) in [5.41, 5.74) is 2.47. The van der Waals surface area contributed by atoms with Crippen LogP contribution in [0.15, 0.2) is 48.7 Å². The predicted octanol–water partition coefficient (Wildman–Crippen LogP) is 6.22. The van der Waals surface area contributed by atoms with Gasteiger partial charge in [0.1, 0.15) is 5.75 Å². The zero-order valence-corrected chi connectivity index (χ0v) is 22.9. The summed E-state index contributed by atoms with van der Waals surface area (Å²) >= 11 is 12.1. The fraction of sp³-hybridized carbons (Fsp3) is 0.400. The third kappa shape index (κ3) is 7.39. The molecular weight excluding hydrogens is 523 g/mol.